The molecule has 174 valence electrons. The molecule has 3 rings (SSSR count). The van der Waals surface area contributed by atoms with E-state index in [-0.39, 0.29) is 24.6 Å². The summed E-state index contributed by atoms with van der Waals surface area (Å²) >= 11 is 5.91. The Morgan fingerprint density at radius 2 is 1.73 bits per heavy atom. The highest BCUT2D eigenvalue weighted by molar-refractivity contribution is 7.92. The van der Waals surface area contributed by atoms with Crippen molar-refractivity contribution in [3.05, 3.63) is 88.9 Å². The summed E-state index contributed by atoms with van der Waals surface area (Å²) in [4.78, 5) is 12.7. The molecule has 33 heavy (non-hydrogen) atoms. The van der Waals surface area contributed by atoms with Crippen LogP contribution in [-0.4, -0.2) is 34.0 Å². The molecule has 0 unspecified atom stereocenters. The fourth-order valence-electron chi connectivity index (χ4n) is 3.20. The van der Waals surface area contributed by atoms with E-state index < -0.39 is 15.9 Å². The van der Waals surface area contributed by atoms with Gasteiger partial charge in [-0.2, -0.15) is 0 Å². The Morgan fingerprint density at radius 3 is 2.36 bits per heavy atom. The van der Waals surface area contributed by atoms with E-state index in [4.69, 9.17) is 16.3 Å². The summed E-state index contributed by atoms with van der Waals surface area (Å²) in [6, 6.07) is 20.6. The molecule has 0 aliphatic heterocycles. The van der Waals surface area contributed by atoms with Gasteiger partial charge in [0.05, 0.1) is 17.1 Å². The van der Waals surface area contributed by atoms with Crippen LogP contribution in [0.4, 0.5) is 5.69 Å². The van der Waals surface area contributed by atoms with E-state index in [0.29, 0.717) is 16.5 Å². The van der Waals surface area contributed by atoms with Crippen LogP contribution in [0, 0.1) is 6.92 Å². The predicted molar refractivity (Wildman–Crippen MR) is 131 cm³/mol. The molecule has 0 aromatic heterocycles. The van der Waals surface area contributed by atoms with Gasteiger partial charge in [0.15, 0.2) is 0 Å². The zero-order valence-corrected chi connectivity index (χ0v) is 20.2. The third-order valence-corrected chi connectivity index (χ3v) is 7.04. The summed E-state index contributed by atoms with van der Waals surface area (Å²) in [6.45, 7) is 4.10. The number of nitrogens with zero attached hydrogens (tertiary/aromatic N) is 1. The molecule has 0 radical (unpaired) electrons. The SMILES string of the molecule is CCc1ccc(OCCNC(=O)CN(c2cccc(C)c2)S(=O)(=O)c2ccc(Cl)cc2)cc1. The Bertz CT molecular complexity index is 1180. The fourth-order valence-corrected chi connectivity index (χ4v) is 4.74. The average molecular weight is 487 g/mol. The maximum Gasteiger partial charge on any atom is 0.264 e. The van der Waals surface area contributed by atoms with Crippen LogP contribution in [0.3, 0.4) is 0 Å². The first-order valence-corrected chi connectivity index (χ1v) is 12.4. The van der Waals surface area contributed by atoms with E-state index >= 15 is 0 Å². The maximum absolute atomic E-state index is 13.3. The largest absolute Gasteiger partial charge is 0.492 e. The molecule has 0 atom stereocenters. The molecule has 0 aliphatic rings. The Hall–Kier alpha value is -3.03. The number of carbonyl (C=O) groups excluding carboxylic acids is 1. The molecule has 6 nitrogen and oxygen atoms in total. The Labute approximate surface area is 200 Å². The number of amides is 1. The highest BCUT2D eigenvalue weighted by Gasteiger charge is 2.27. The van der Waals surface area contributed by atoms with Crippen molar-refractivity contribution in [3.63, 3.8) is 0 Å². The Balaban J connectivity index is 1.68. The van der Waals surface area contributed by atoms with Crippen molar-refractivity contribution in [1.29, 1.82) is 0 Å². The molecule has 0 fully saturated rings. The number of anilines is 1. The third kappa shape index (κ3) is 6.73. The quantitative estimate of drug-likeness (QED) is 0.425. The monoisotopic (exact) mass is 486 g/mol. The average Bonchev–Trinajstić information content (AvgIpc) is 2.81. The number of benzene rings is 3. The van der Waals surface area contributed by atoms with Crippen LogP contribution in [0.1, 0.15) is 18.1 Å². The number of carbonyl (C=O) groups is 1. The Morgan fingerprint density at radius 1 is 1.03 bits per heavy atom. The molecule has 0 heterocycles. The molecule has 1 amide bonds. The van der Waals surface area contributed by atoms with Crippen LogP contribution in [0.5, 0.6) is 5.75 Å². The van der Waals surface area contributed by atoms with Crippen LogP contribution in [0.25, 0.3) is 0 Å². The van der Waals surface area contributed by atoms with Crippen LogP contribution in [0.2, 0.25) is 5.02 Å². The minimum atomic E-state index is -3.98. The van der Waals surface area contributed by atoms with E-state index in [2.05, 4.69) is 12.2 Å². The fraction of sp³-hybridized carbons (Fsp3) is 0.240. The summed E-state index contributed by atoms with van der Waals surface area (Å²) < 4.78 is 33.4. The summed E-state index contributed by atoms with van der Waals surface area (Å²) in [7, 11) is -3.98. The lowest BCUT2D eigenvalue weighted by Gasteiger charge is -2.24. The molecule has 3 aromatic rings. The first-order chi connectivity index (χ1) is 15.8. The lowest BCUT2D eigenvalue weighted by atomic mass is 10.2. The van der Waals surface area contributed by atoms with Gasteiger partial charge in [-0.1, -0.05) is 42.8 Å². The molecule has 0 aliphatic carbocycles. The number of halogens is 1. The highest BCUT2D eigenvalue weighted by atomic mass is 35.5. The van der Waals surface area contributed by atoms with E-state index in [1.165, 1.54) is 29.8 Å². The first-order valence-electron chi connectivity index (χ1n) is 10.6. The molecule has 0 bridgehead atoms. The van der Waals surface area contributed by atoms with Gasteiger partial charge in [0.25, 0.3) is 10.0 Å². The lowest BCUT2D eigenvalue weighted by Crippen LogP contribution is -2.42. The number of sulfonamides is 1. The molecule has 0 saturated heterocycles. The van der Waals surface area contributed by atoms with E-state index in [1.54, 1.807) is 18.2 Å². The second kappa shape index (κ2) is 11.2. The molecular formula is C25H27ClN2O4S. The topological polar surface area (TPSA) is 75.7 Å². The van der Waals surface area contributed by atoms with Crippen molar-refractivity contribution < 1.29 is 17.9 Å². The van der Waals surface area contributed by atoms with Crippen molar-refractivity contribution in [2.45, 2.75) is 25.2 Å². The van der Waals surface area contributed by atoms with Gasteiger partial charge in [0, 0.05) is 5.02 Å². The number of hydrogen-bond acceptors (Lipinski definition) is 4. The molecule has 0 spiro atoms. The predicted octanol–water partition coefficient (Wildman–Crippen LogP) is 4.60. The van der Waals surface area contributed by atoms with E-state index in [1.807, 2.05) is 37.3 Å². The lowest BCUT2D eigenvalue weighted by molar-refractivity contribution is -0.119. The van der Waals surface area contributed by atoms with Gasteiger partial charge in [-0.3, -0.25) is 9.10 Å². The van der Waals surface area contributed by atoms with Crippen molar-refractivity contribution in [2.24, 2.45) is 0 Å². The molecule has 1 N–H and O–H groups in total. The number of hydrogen-bond donors (Lipinski definition) is 1. The number of nitrogens with one attached hydrogen (secondary N) is 1. The standard InChI is InChI=1S/C25H27ClN2O4S/c1-3-20-7-11-23(12-8-20)32-16-15-27-25(29)18-28(22-6-4-5-19(2)17-22)33(30,31)24-13-9-21(26)10-14-24/h4-14,17H,3,15-16,18H2,1-2H3,(H,27,29). The normalized spacial score (nSPS) is 11.1. The number of ether oxygens (including phenoxy) is 1. The molecule has 3 aromatic carbocycles. The van der Waals surface area contributed by atoms with Gasteiger partial charge in [0.2, 0.25) is 5.91 Å². The summed E-state index contributed by atoms with van der Waals surface area (Å²) in [5.41, 5.74) is 2.51. The van der Waals surface area contributed by atoms with Gasteiger partial charge < -0.3 is 10.1 Å². The molecule has 8 heteroatoms. The van der Waals surface area contributed by atoms with Gasteiger partial charge in [-0.25, -0.2) is 8.42 Å². The van der Waals surface area contributed by atoms with Crippen LogP contribution >= 0.6 is 11.6 Å². The summed E-state index contributed by atoms with van der Waals surface area (Å²) in [5, 5.41) is 3.16. The smallest absolute Gasteiger partial charge is 0.264 e. The molecular weight excluding hydrogens is 460 g/mol. The zero-order valence-electron chi connectivity index (χ0n) is 18.6. The van der Waals surface area contributed by atoms with Crippen molar-refractivity contribution in [2.75, 3.05) is 24.0 Å². The van der Waals surface area contributed by atoms with Crippen molar-refractivity contribution >= 4 is 33.2 Å². The maximum atomic E-state index is 13.3. The third-order valence-electron chi connectivity index (χ3n) is 5.00. The minimum Gasteiger partial charge on any atom is -0.492 e. The van der Waals surface area contributed by atoms with Crippen LogP contribution in [0.15, 0.2) is 77.7 Å². The van der Waals surface area contributed by atoms with E-state index in [9.17, 15) is 13.2 Å². The number of rotatable bonds is 10. The summed E-state index contributed by atoms with van der Waals surface area (Å²) in [5.74, 6) is 0.284. The zero-order chi connectivity index (χ0) is 23.8. The van der Waals surface area contributed by atoms with Crippen LogP contribution < -0.4 is 14.4 Å². The van der Waals surface area contributed by atoms with E-state index in [0.717, 1.165) is 16.3 Å². The molecule has 0 saturated carbocycles. The first kappa shape index (κ1) is 24.6. The van der Waals surface area contributed by atoms with Crippen molar-refractivity contribution in [1.82, 2.24) is 5.32 Å². The Kier molecular flexibility index (Phi) is 8.36. The van der Waals surface area contributed by atoms with Gasteiger partial charge in [-0.15, -0.1) is 0 Å². The minimum absolute atomic E-state index is 0.0556. The second-order valence-corrected chi connectivity index (χ2v) is 9.80. The van der Waals surface area contributed by atoms with Gasteiger partial charge in [0.1, 0.15) is 18.9 Å². The van der Waals surface area contributed by atoms with Gasteiger partial charge >= 0.3 is 0 Å². The summed E-state index contributed by atoms with van der Waals surface area (Å²) in [6.07, 6.45) is 0.951. The number of aryl methyl sites for hydroxylation is 2. The second-order valence-electron chi connectivity index (χ2n) is 7.50. The van der Waals surface area contributed by atoms with Crippen LogP contribution in [-0.2, 0) is 21.2 Å². The van der Waals surface area contributed by atoms with Gasteiger partial charge in [-0.05, 0) is 73.0 Å². The van der Waals surface area contributed by atoms with Crippen molar-refractivity contribution in [3.8, 4) is 5.75 Å². The highest BCUT2D eigenvalue weighted by Crippen LogP contribution is 2.25.